The van der Waals surface area contributed by atoms with Gasteiger partial charge in [-0.2, -0.15) is 0 Å². The van der Waals surface area contributed by atoms with Crippen LogP contribution in [0.25, 0.3) is 0 Å². The average Bonchev–Trinajstić information content (AvgIpc) is 2.17. The van der Waals surface area contributed by atoms with Gasteiger partial charge in [0.15, 0.2) is 5.75 Å². The van der Waals surface area contributed by atoms with E-state index in [1.807, 2.05) is 0 Å². The zero-order valence-electron chi connectivity index (χ0n) is 7.77. The van der Waals surface area contributed by atoms with Crippen LogP contribution in [0.5, 0.6) is 5.75 Å². The van der Waals surface area contributed by atoms with Crippen LogP contribution < -0.4 is 4.74 Å². The van der Waals surface area contributed by atoms with Gasteiger partial charge in [-0.25, -0.2) is 0 Å². The number of ether oxygens (including phenoxy) is 1. The largest absolute Gasteiger partial charge is 0.487 e. The lowest BCUT2D eigenvalue weighted by molar-refractivity contribution is -0.386. The van der Waals surface area contributed by atoms with Gasteiger partial charge in [-0.15, -0.1) is 0 Å². The van der Waals surface area contributed by atoms with Gasteiger partial charge in [0.2, 0.25) is 0 Å². The first-order valence-corrected chi connectivity index (χ1v) is 4.20. The number of benzene rings is 1. The van der Waals surface area contributed by atoms with E-state index in [-0.39, 0.29) is 23.6 Å². The molecule has 1 aromatic rings. The standard InChI is InChI=1S/C9H11NO4/c1-2-14-8-5-3-4-7(6-11)9(8)10(12)13/h3-5,11H,2,6H2,1H3. The number of nitrogens with zero attached hydrogens (tertiary/aromatic N) is 1. The van der Waals surface area contributed by atoms with Gasteiger partial charge in [-0.05, 0) is 19.1 Å². The Labute approximate surface area is 81.1 Å². The van der Waals surface area contributed by atoms with E-state index in [9.17, 15) is 10.1 Å². The lowest BCUT2D eigenvalue weighted by Gasteiger charge is -2.06. The highest BCUT2D eigenvalue weighted by atomic mass is 16.6. The number of hydrogen-bond acceptors (Lipinski definition) is 4. The fourth-order valence-corrected chi connectivity index (χ4v) is 1.17. The van der Waals surface area contributed by atoms with E-state index >= 15 is 0 Å². The molecule has 1 aromatic carbocycles. The summed E-state index contributed by atoms with van der Waals surface area (Å²) in [5.41, 5.74) is 0.109. The number of aliphatic hydroxyl groups is 1. The molecular formula is C9H11NO4. The van der Waals surface area contributed by atoms with E-state index < -0.39 is 4.92 Å². The third kappa shape index (κ3) is 2.00. The van der Waals surface area contributed by atoms with Crippen LogP contribution in [0.4, 0.5) is 5.69 Å². The maximum Gasteiger partial charge on any atom is 0.316 e. The highest BCUT2D eigenvalue weighted by Crippen LogP contribution is 2.30. The third-order valence-corrected chi connectivity index (χ3v) is 1.74. The zero-order chi connectivity index (χ0) is 10.6. The van der Waals surface area contributed by atoms with Gasteiger partial charge >= 0.3 is 5.69 Å². The number of hydrogen-bond donors (Lipinski definition) is 1. The van der Waals surface area contributed by atoms with E-state index in [4.69, 9.17) is 9.84 Å². The minimum absolute atomic E-state index is 0.156. The highest BCUT2D eigenvalue weighted by Gasteiger charge is 2.19. The number of nitro benzene ring substituents is 1. The third-order valence-electron chi connectivity index (χ3n) is 1.74. The van der Waals surface area contributed by atoms with Crippen molar-refractivity contribution >= 4 is 5.69 Å². The monoisotopic (exact) mass is 197 g/mol. The lowest BCUT2D eigenvalue weighted by Crippen LogP contribution is -2.01. The molecule has 0 aliphatic carbocycles. The predicted octanol–water partition coefficient (Wildman–Crippen LogP) is 1.49. The molecule has 0 unspecified atom stereocenters. The average molecular weight is 197 g/mol. The van der Waals surface area contributed by atoms with Gasteiger partial charge in [0.05, 0.1) is 23.7 Å². The van der Waals surface area contributed by atoms with Crippen molar-refractivity contribution in [2.75, 3.05) is 6.61 Å². The van der Waals surface area contributed by atoms with Crippen LogP contribution in [-0.4, -0.2) is 16.6 Å². The minimum atomic E-state index is -0.545. The fraction of sp³-hybridized carbons (Fsp3) is 0.333. The van der Waals surface area contributed by atoms with Gasteiger partial charge in [0.25, 0.3) is 0 Å². The van der Waals surface area contributed by atoms with Gasteiger partial charge in [0, 0.05) is 0 Å². The molecule has 0 bridgehead atoms. The van der Waals surface area contributed by atoms with Gasteiger partial charge < -0.3 is 9.84 Å². The summed E-state index contributed by atoms with van der Waals surface area (Å²) in [5.74, 6) is 0.198. The molecule has 5 heteroatoms. The Hall–Kier alpha value is -1.62. The molecule has 0 amide bonds. The molecule has 5 nitrogen and oxygen atoms in total. The molecule has 0 atom stereocenters. The Bertz CT molecular complexity index is 338. The number of para-hydroxylation sites is 1. The molecular weight excluding hydrogens is 186 g/mol. The van der Waals surface area contributed by atoms with Crippen molar-refractivity contribution in [3.63, 3.8) is 0 Å². The molecule has 0 spiro atoms. The van der Waals surface area contributed by atoms with Crippen LogP contribution in [-0.2, 0) is 6.61 Å². The molecule has 0 saturated heterocycles. The highest BCUT2D eigenvalue weighted by molar-refractivity contribution is 5.52. The summed E-state index contributed by atoms with van der Waals surface area (Å²) in [6, 6.07) is 4.63. The van der Waals surface area contributed by atoms with E-state index in [0.29, 0.717) is 6.61 Å². The smallest absolute Gasteiger partial charge is 0.316 e. The summed E-state index contributed by atoms with van der Waals surface area (Å²) >= 11 is 0. The van der Waals surface area contributed by atoms with Gasteiger partial charge in [-0.1, -0.05) is 6.07 Å². The second-order valence-electron chi connectivity index (χ2n) is 2.61. The first-order valence-electron chi connectivity index (χ1n) is 4.20. The summed E-state index contributed by atoms with van der Waals surface area (Å²) in [4.78, 5) is 10.1. The molecule has 0 radical (unpaired) electrons. The topological polar surface area (TPSA) is 72.6 Å². The molecule has 0 fully saturated rings. The molecule has 76 valence electrons. The molecule has 1 N–H and O–H groups in total. The van der Waals surface area contributed by atoms with Crippen LogP contribution in [0.2, 0.25) is 0 Å². The molecule has 0 aromatic heterocycles. The summed E-state index contributed by atoms with van der Waals surface area (Å²) in [5, 5.41) is 19.6. The van der Waals surface area contributed by atoms with E-state index in [1.165, 1.54) is 12.1 Å². The van der Waals surface area contributed by atoms with Crippen molar-refractivity contribution in [2.45, 2.75) is 13.5 Å². The van der Waals surface area contributed by atoms with Crippen molar-refractivity contribution in [3.8, 4) is 5.75 Å². The quantitative estimate of drug-likeness (QED) is 0.586. The molecule has 0 saturated carbocycles. The van der Waals surface area contributed by atoms with Crippen LogP contribution in [0, 0.1) is 10.1 Å². The SMILES string of the molecule is CCOc1cccc(CO)c1[N+](=O)[O-]. The molecule has 14 heavy (non-hydrogen) atoms. The second kappa shape index (κ2) is 4.57. The Morgan fingerprint density at radius 1 is 1.57 bits per heavy atom. The van der Waals surface area contributed by atoms with E-state index in [0.717, 1.165) is 0 Å². The second-order valence-corrected chi connectivity index (χ2v) is 2.61. The van der Waals surface area contributed by atoms with Crippen LogP contribution in [0.1, 0.15) is 12.5 Å². The molecule has 0 heterocycles. The Balaban J connectivity index is 3.20. The first-order chi connectivity index (χ1) is 6.70. The summed E-state index contributed by atoms with van der Waals surface area (Å²) in [6.07, 6.45) is 0. The van der Waals surface area contributed by atoms with Gasteiger partial charge in [0.1, 0.15) is 0 Å². The Kier molecular flexibility index (Phi) is 3.41. The van der Waals surface area contributed by atoms with E-state index in [2.05, 4.69) is 0 Å². The zero-order valence-corrected chi connectivity index (χ0v) is 7.77. The van der Waals surface area contributed by atoms with E-state index in [1.54, 1.807) is 13.0 Å². The van der Waals surface area contributed by atoms with Crippen LogP contribution >= 0.6 is 0 Å². The maximum absolute atomic E-state index is 10.7. The Morgan fingerprint density at radius 2 is 2.29 bits per heavy atom. The van der Waals surface area contributed by atoms with Crippen LogP contribution in [0.3, 0.4) is 0 Å². The summed E-state index contributed by atoms with van der Waals surface area (Å²) in [6.45, 7) is 1.74. The molecule has 0 aliphatic rings. The normalized spacial score (nSPS) is 9.86. The van der Waals surface area contributed by atoms with Crippen molar-refractivity contribution < 1.29 is 14.8 Å². The van der Waals surface area contributed by atoms with Gasteiger partial charge in [-0.3, -0.25) is 10.1 Å². The predicted molar refractivity (Wildman–Crippen MR) is 50.2 cm³/mol. The van der Waals surface area contributed by atoms with Crippen molar-refractivity contribution in [1.82, 2.24) is 0 Å². The van der Waals surface area contributed by atoms with Crippen molar-refractivity contribution in [2.24, 2.45) is 0 Å². The number of nitro groups is 1. The van der Waals surface area contributed by atoms with Crippen molar-refractivity contribution in [1.29, 1.82) is 0 Å². The summed E-state index contributed by atoms with van der Waals surface area (Å²) in [7, 11) is 0. The van der Waals surface area contributed by atoms with Crippen molar-refractivity contribution in [3.05, 3.63) is 33.9 Å². The number of aliphatic hydroxyl groups excluding tert-OH is 1. The molecule has 1 rings (SSSR count). The maximum atomic E-state index is 10.7. The summed E-state index contributed by atoms with van der Waals surface area (Å²) < 4.78 is 5.09. The Morgan fingerprint density at radius 3 is 2.79 bits per heavy atom. The fourth-order valence-electron chi connectivity index (χ4n) is 1.17. The first kappa shape index (κ1) is 10.5. The molecule has 0 aliphatic heterocycles. The minimum Gasteiger partial charge on any atom is -0.487 e. The lowest BCUT2D eigenvalue weighted by atomic mass is 10.2. The number of rotatable bonds is 4. The van der Waals surface area contributed by atoms with Crippen LogP contribution in [0.15, 0.2) is 18.2 Å².